The van der Waals surface area contributed by atoms with E-state index in [-0.39, 0.29) is 11.9 Å². The van der Waals surface area contributed by atoms with Gasteiger partial charge in [0.15, 0.2) is 0 Å². The Kier molecular flexibility index (Phi) is 5.34. The zero-order valence-electron chi connectivity index (χ0n) is 11.9. The molecule has 1 aromatic carbocycles. The first-order chi connectivity index (χ1) is 9.22. The number of hydrogen-bond acceptors (Lipinski definition) is 2. The lowest BCUT2D eigenvalue weighted by atomic mass is 9.88. The summed E-state index contributed by atoms with van der Waals surface area (Å²) in [6.07, 6.45) is 3.17. The van der Waals surface area contributed by atoms with E-state index in [1.807, 2.05) is 12.1 Å². The SMILES string of the molecule is CCCNC(Cc1ccccc1F)C1CCOC1C. The normalized spacial score (nSPS) is 24.6. The third-order valence-corrected chi connectivity index (χ3v) is 4.01. The second kappa shape index (κ2) is 7.01. The Morgan fingerprint density at radius 2 is 2.21 bits per heavy atom. The molecule has 0 spiro atoms. The first-order valence-corrected chi connectivity index (χ1v) is 7.30. The summed E-state index contributed by atoms with van der Waals surface area (Å²) >= 11 is 0. The molecule has 3 unspecified atom stereocenters. The molecule has 0 bridgehead atoms. The van der Waals surface area contributed by atoms with E-state index >= 15 is 0 Å². The van der Waals surface area contributed by atoms with Crippen molar-refractivity contribution in [3.63, 3.8) is 0 Å². The highest BCUT2D eigenvalue weighted by molar-refractivity contribution is 5.18. The molecule has 0 amide bonds. The Balaban J connectivity index is 2.07. The molecule has 3 heteroatoms. The van der Waals surface area contributed by atoms with E-state index in [4.69, 9.17) is 4.74 Å². The summed E-state index contributed by atoms with van der Waals surface area (Å²) in [6, 6.07) is 7.38. The number of rotatable bonds is 6. The van der Waals surface area contributed by atoms with Crippen LogP contribution in [-0.2, 0) is 11.2 Å². The van der Waals surface area contributed by atoms with E-state index in [1.165, 1.54) is 0 Å². The minimum Gasteiger partial charge on any atom is -0.378 e. The highest BCUT2D eigenvalue weighted by Gasteiger charge is 2.31. The molecule has 2 nitrogen and oxygen atoms in total. The van der Waals surface area contributed by atoms with Crippen molar-refractivity contribution in [1.82, 2.24) is 5.32 Å². The predicted octanol–water partition coefficient (Wildman–Crippen LogP) is 3.16. The molecule has 3 atom stereocenters. The van der Waals surface area contributed by atoms with Gasteiger partial charge in [-0.1, -0.05) is 25.1 Å². The molecule has 19 heavy (non-hydrogen) atoms. The van der Waals surface area contributed by atoms with Gasteiger partial charge in [0.2, 0.25) is 0 Å². The maximum absolute atomic E-state index is 13.8. The minimum absolute atomic E-state index is 0.0997. The van der Waals surface area contributed by atoms with Crippen molar-refractivity contribution in [2.24, 2.45) is 5.92 Å². The van der Waals surface area contributed by atoms with Crippen LogP contribution < -0.4 is 5.32 Å². The van der Waals surface area contributed by atoms with Gasteiger partial charge < -0.3 is 10.1 Å². The van der Waals surface area contributed by atoms with Gasteiger partial charge in [-0.15, -0.1) is 0 Å². The summed E-state index contributed by atoms with van der Waals surface area (Å²) in [6.45, 7) is 6.08. The fourth-order valence-electron chi connectivity index (χ4n) is 2.88. The van der Waals surface area contributed by atoms with E-state index in [0.717, 1.165) is 38.0 Å². The van der Waals surface area contributed by atoms with Crippen molar-refractivity contribution >= 4 is 0 Å². The van der Waals surface area contributed by atoms with E-state index < -0.39 is 0 Å². The lowest BCUT2D eigenvalue weighted by molar-refractivity contribution is 0.0953. The summed E-state index contributed by atoms with van der Waals surface area (Å²) in [5.74, 6) is 0.378. The molecule has 1 aliphatic heterocycles. The van der Waals surface area contributed by atoms with Crippen molar-refractivity contribution in [3.05, 3.63) is 35.6 Å². The van der Waals surface area contributed by atoms with Gasteiger partial charge in [0.1, 0.15) is 5.82 Å². The lowest BCUT2D eigenvalue weighted by Crippen LogP contribution is -2.41. The third kappa shape index (κ3) is 3.77. The highest BCUT2D eigenvalue weighted by atomic mass is 19.1. The third-order valence-electron chi connectivity index (χ3n) is 4.01. The van der Waals surface area contributed by atoms with Crippen LogP contribution in [-0.4, -0.2) is 25.3 Å². The van der Waals surface area contributed by atoms with Crippen LogP contribution in [0, 0.1) is 11.7 Å². The Morgan fingerprint density at radius 3 is 2.84 bits per heavy atom. The summed E-state index contributed by atoms with van der Waals surface area (Å²) in [4.78, 5) is 0. The molecule has 1 fully saturated rings. The molecule has 2 rings (SSSR count). The quantitative estimate of drug-likeness (QED) is 0.853. The van der Waals surface area contributed by atoms with Crippen molar-refractivity contribution in [3.8, 4) is 0 Å². The molecule has 0 saturated carbocycles. The average Bonchev–Trinajstić information content (AvgIpc) is 2.83. The largest absolute Gasteiger partial charge is 0.378 e. The number of ether oxygens (including phenoxy) is 1. The summed E-state index contributed by atoms with van der Waals surface area (Å²) < 4.78 is 19.5. The molecule has 1 aliphatic rings. The zero-order valence-corrected chi connectivity index (χ0v) is 11.9. The van der Waals surface area contributed by atoms with Crippen LogP contribution in [0.25, 0.3) is 0 Å². The van der Waals surface area contributed by atoms with Gasteiger partial charge in [-0.2, -0.15) is 0 Å². The monoisotopic (exact) mass is 265 g/mol. The van der Waals surface area contributed by atoms with Gasteiger partial charge in [-0.3, -0.25) is 0 Å². The van der Waals surface area contributed by atoms with Crippen LogP contribution in [0.2, 0.25) is 0 Å². The molecule has 0 aromatic heterocycles. The van der Waals surface area contributed by atoms with E-state index in [2.05, 4.69) is 19.2 Å². The predicted molar refractivity (Wildman–Crippen MR) is 75.7 cm³/mol. The van der Waals surface area contributed by atoms with Crippen molar-refractivity contribution in [2.45, 2.75) is 45.3 Å². The van der Waals surface area contributed by atoms with Gasteiger partial charge >= 0.3 is 0 Å². The van der Waals surface area contributed by atoms with Gasteiger partial charge in [-0.05, 0) is 44.4 Å². The van der Waals surface area contributed by atoms with Crippen LogP contribution in [0.4, 0.5) is 4.39 Å². The smallest absolute Gasteiger partial charge is 0.126 e. The standard InChI is InChI=1S/C16H24FNO/c1-3-9-18-16(14-8-10-19-12(14)2)11-13-6-4-5-7-15(13)17/h4-7,12,14,16,18H,3,8-11H2,1-2H3. The maximum Gasteiger partial charge on any atom is 0.126 e. The van der Waals surface area contributed by atoms with Crippen LogP contribution in [0.3, 0.4) is 0 Å². The second-order valence-electron chi connectivity index (χ2n) is 5.38. The number of benzene rings is 1. The second-order valence-corrected chi connectivity index (χ2v) is 5.38. The molecule has 1 heterocycles. The first-order valence-electron chi connectivity index (χ1n) is 7.30. The molecule has 1 N–H and O–H groups in total. The topological polar surface area (TPSA) is 21.3 Å². The number of hydrogen-bond donors (Lipinski definition) is 1. The fraction of sp³-hybridized carbons (Fsp3) is 0.625. The molecular formula is C16H24FNO. The molecule has 0 aliphatic carbocycles. The molecule has 1 saturated heterocycles. The van der Waals surface area contributed by atoms with Crippen LogP contribution >= 0.6 is 0 Å². The van der Waals surface area contributed by atoms with E-state index in [9.17, 15) is 4.39 Å². The molecular weight excluding hydrogens is 241 g/mol. The summed E-state index contributed by atoms with van der Waals surface area (Å²) in [7, 11) is 0. The summed E-state index contributed by atoms with van der Waals surface area (Å²) in [5.41, 5.74) is 0.801. The highest BCUT2D eigenvalue weighted by Crippen LogP contribution is 2.26. The van der Waals surface area contributed by atoms with Gasteiger partial charge in [0, 0.05) is 18.6 Å². The minimum atomic E-state index is -0.0997. The average molecular weight is 265 g/mol. The summed E-state index contributed by atoms with van der Waals surface area (Å²) in [5, 5.41) is 3.57. The van der Waals surface area contributed by atoms with Crippen molar-refractivity contribution in [1.29, 1.82) is 0 Å². The Morgan fingerprint density at radius 1 is 1.42 bits per heavy atom. The molecule has 0 radical (unpaired) electrons. The van der Waals surface area contributed by atoms with Crippen molar-refractivity contribution < 1.29 is 9.13 Å². The maximum atomic E-state index is 13.8. The zero-order chi connectivity index (χ0) is 13.7. The number of nitrogens with one attached hydrogen (secondary N) is 1. The Bertz CT molecular complexity index is 396. The first kappa shape index (κ1) is 14.5. The van der Waals surface area contributed by atoms with Gasteiger partial charge in [-0.25, -0.2) is 4.39 Å². The van der Waals surface area contributed by atoms with Crippen molar-refractivity contribution in [2.75, 3.05) is 13.2 Å². The molecule has 106 valence electrons. The Hall–Kier alpha value is -0.930. The van der Waals surface area contributed by atoms with E-state index in [1.54, 1.807) is 12.1 Å². The number of halogens is 1. The van der Waals surface area contributed by atoms with Crippen LogP contribution in [0.5, 0.6) is 0 Å². The fourth-order valence-corrected chi connectivity index (χ4v) is 2.88. The van der Waals surface area contributed by atoms with Gasteiger partial charge in [0.05, 0.1) is 6.10 Å². The Labute approximate surface area is 115 Å². The van der Waals surface area contributed by atoms with Crippen LogP contribution in [0.1, 0.15) is 32.3 Å². The lowest BCUT2D eigenvalue weighted by Gasteiger charge is -2.27. The molecule has 1 aromatic rings. The van der Waals surface area contributed by atoms with Gasteiger partial charge in [0.25, 0.3) is 0 Å². The van der Waals surface area contributed by atoms with Crippen LogP contribution in [0.15, 0.2) is 24.3 Å². The van der Waals surface area contributed by atoms with E-state index in [0.29, 0.717) is 12.0 Å².